The van der Waals surface area contributed by atoms with Crippen molar-refractivity contribution in [3.8, 4) is 0 Å². The van der Waals surface area contributed by atoms with Gasteiger partial charge >= 0.3 is 11.9 Å². The minimum Gasteiger partial charge on any atom is -0.452 e. The molecule has 0 bridgehead atoms. The van der Waals surface area contributed by atoms with E-state index in [9.17, 15) is 19.2 Å². The quantitative estimate of drug-likeness (QED) is 0.189. The number of carbonyl (C=O) groups excluding carboxylic acids is 4. The van der Waals surface area contributed by atoms with Crippen LogP contribution in [0.25, 0.3) is 0 Å². The van der Waals surface area contributed by atoms with Crippen molar-refractivity contribution >= 4 is 36.2 Å². The number of carbonyl (C=O) groups is 4. The van der Waals surface area contributed by atoms with Gasteiger partial charge < -0.3 is 15.0 Å². The zero-order chi connectivity index (χ0) is 31.1. The van der Waals surface area contributed by atoms with Gasteiger partial charge in [-0.1, -0.05) is 62.3 Å². The second kappa shape index (κ2) is 11.1. The van der Waals surface area contributed by atoms with Gasteiger partial charge in [-0.2, -0.15) is 12.6 Å². The van der Waals surface area contributed by atoms with Crippen LogP contribution in [0.5, 0.6) is 0 Å². The highest BCUT2D eigenvalue weighted by Gasteiger charge is 2.55. The second-order valence-electron chi connectivity index (χ2n) is 14.9. The summed E-state index contributed by atoms with van der Waals surface area (Å²) in [5.74, 6) is -2.40. The maximum atomic E-state index is 13.9. The minimum atomic E-state index is -1.09. The average Bonchev–Trinajstić information content (AvgIpc) is 2.68. The molecule has 0 aliphatic rings. The number of ether oxygens (including phenoxy) is 1. The van der Waals surface area contributed by atoms with E-state index >= 15 is 0 Å². The first-order chi connectivity index (χ1) is 16.4. The van der Waals surface area contributed by atoms with Crippen molar-refractivity contribution in [2.24, 2.45) is 22.2 Å². The van der Waals surface area contributed by atoms with Gasteiger partial charge in [-0.05, 0) is 54.9 Å². The summed E-state index contributed by atoms with van der Waals surface area (Å²) in [5.41, 5.74) is -4.93. The van der Waals surface area contributed by atoms with Crippen molar-refractivity contribution in [1.29, 1.82) is 0 Å². The van der Waals surface area contributed by atoms with Gasteiger partial charge in [0, 0.05) is 39.6 Å². The molecule has 0 aliphatic carbocycles. The van der Waals surface area contributed by atoms with E-state index in [0.717, 1.165) is 0 Å². The van der Waals surface area contributed by atoms with Crippen LogP contribution >= 0.6 is 12.6 Å². The summed E-state index contributed by atoms with van der Waals surface area (Å²) >= 11 is 4.67. The number of nitrogens with zero attached hydrogens (tertiary/aromatic N) is 1. The summed E-state index contributed by atoms with van der Waals surface area (Å²) in [6.45, 7) is 29.7. The van der Waals surface area contributed by atoms with E-state index in [1.54, 1.807) is 32.7 Å². The molecule has 38 heavy (non-hydrogen) atoms. The van der Waals surface area contributed by atoms with Gasteiger partial charge in [-0.15, -0.1) is 0 Å². The summed E-state index contributed by atoms with van der Waals surface area (Å²) in [5, 5.41) is 2.84. The molecule has 0 aliphatic heterocycles. The Hall–Kier alpha value is -1.57. The van der Waals surface area contributed by atoms with Crippen LogP contribution in [0, 0.1) is 22.2 Å². The Morgan fingerprint density at radius 3 is 1.63 bits per heavy atom. The Kier molecular flexibility index (Phi) is 10.7. The molecule has 0 aromatic rings. The third-order valence-electron chi connectivity index (χ3n) is 9.94. The Bertz CT molecular complexity index is 923. The first-order valence-electron chi connectivity index (χ1n) is 13.5. The van der Waals surface area contributed by atoms with E-state index in [2.05, 4.69) is 17.9 Å². The molecular formula is C30H56N2O5S. The minimum absolute atomic E-state index is 0.0237. The van der Waals surface area contributed by atoms with Gasteiger partial charge in [-0.3, -0.25) is 14.4 Å². The van der Waals surface area contributed by atoms with Gasteiger partial charge in [-0.25, -0.2) is 4.79 Å². The highest BCUT2D eigenvalue weighted by atomic mass is 32.1. The van der Waals surface area contributed by atoms with Crippen molar-refractivity contribution in [3.05, 3.63) is 0 Å². The van der Waals surface area contributed by atoms with E-state index in [-0.39, 0.29) is 22.4 Å². The van der Waals surface area contributed by atoms with Crippen molar-refractivity contribution < 1.29 is 23.9 Å². The predicted octanol–water partition coefficient (Wildman–Crippen LogP) is 5.84. The number of thiol groups is 1. The van der Waals surface area contributed by atoms with Crippen molar-refractivity contribution in [2.75, 3.05) is 7.05 Å². The number of rotatable bonds is 11. The fraction of sp³-hybridized carbons (Fsp3) is 0.867. The van der Waals surface area contributed by atoms with Crippen LogP contribution in [-0.2, 0) is 23.9 Å². The Morgan fingerprint density at radius 2 is 1.26 bits per heavy atom. The van der Waals surface area contributed by atoms with E-state index in [0.29, 0.717) is 6.42 Å². The number of esters is 1. The van der Waals surface area contributed by atoms with Crippen molar-refractivity contribution in [2.45, 2.75) is 139 Å². The van der Waals surface area contributed by atoms with Crippen LogP contribution in [0.4, 0.5) is 0 Å². The maximum Gasteiger partial charge on any atom is 0.397 e. The lowest BCUT2D eigenvalue weighted by molar-refractivity contribution is -0.180. The zero-order valence-electron chi connectivity index (χ0n) is 27.2. The number of Topliss-reactive ketones (excluding diaryl/α,β-unsaturated/α-hetero) is 1. The van der Waals surface area contributed by atoms with Gasteiger partial charge in [0.15, 0.2) is 0 Å². The number of hydrogen-bond donors (Lipinski definition) is 2. The first-order valence-corrected chi connectivity index (χ1v) is 13.9. The summed E-state index contributed by atoms with van der Waals surface area (Å²) in [6, 6.07) is 0. The maximum absolute atomic E-state index is 13.9. The highest BCUT2D eigenvalue weighted by molar-refractivity contribution is 7.81. The smallest absolute Gasteiger partial charge is 0.397 e. The first kappa shape index (κ1) is 36.4. The molecule has 7 nitrogen and oxygen atoms in total. The van der Waals surface area contributed by atoms with Crippen LogP contribution in [0.15, 0.2) is 0 Å². The van der Waals surface area contributed by atoms with Crippen LogP contribution in [0.3, 0.4) is 0 Å². The third kappa shape index (κ3) is 7.54. The van der Waals surface area contributed by atoms with E-state index in [1.165, 1.54) is 6.92 Å². The van der Waals surface area contributed by atoms with Crippen molar-refractivity contribution in [1.82, 2.24) is 10.2 Å². The molecular weight excluding hydrogens is 500 g/mol. The Morgan fingerprint density at radius 1 is 0.842 bits per heavy atom. The normalized spacial score (nSPS) is 15.0. The van der Waals surface area contributed by atoms with E-state index in [1.807, 2.05) is 83.1 Å². The molecule has 1 atom stereocenters. The van der Waals surface area contributed by atoms with Crippen LogP contribution in [0.2, 0.25) is 0 Å². The summed E-state index contributed by atoms with van der Waals surface area (Å²) < 4.78 is 5.40. The SMILES string of the molecule is CC(=O)C(C)C(C)(C)C(C)(C)OC(=O)C(=O)NC(C)(C)C(C)(C)C(C)(C)C(=O)N(C)C(C)(C)CC(C)(C)S. The lowest BCUT2D eigenvalue weighted by Gasteiger charge is -2.53. The molecule has 0 aromatic heterocycles. The molecule has 222 valence electrons. The van der Waals surface area contributed by atoms with Gasteiger partial charge in [0.1, 0.15) is 11.4 Å². The number of ketones is 1. The molecule has 8 heteroatoms. The molecule has 0 radical (unpaired) electrons. The third-order valence-corrected chi connectivity index (χ3v) is 10.1. The summed E-state index contributed by atoms with van der Waals surface area (Å²) in [7, 11) is 1.80. The molecule has 0 aromatic carbocycles. The summed E-state index contributed by atoms with van der Waals surface area (Å²) in [6.07, 6.45) is 0.683. The lowest BCUT2D eigenvalue weighted by atomic mass is 9.57. The fourth-order valence-electron chi connectivity index (χ4n) is 4.85. The average molecular weight is 557 g/mol. The zero-order valence-corrected chi connectivity index (χ0v) is 28.1. The number of nitrogens with one attached hydrogen (secondary N) is 1. The molecule has 0 saturated heterocycles. The standard InChI is InChI=1S/C30H56N2O5S/c1-19(20(2)33)26(7,8)30(15,16)37-22(35)21(34)31-29(13,14)28(11,12)27(9,10)23(36)32(17)24(3,4)18-25(5,6)38/h19,38H,18H2,1-17H3,(H,31,34). The van der Waals surface area contributed by atoms with Crippen LogP contribution in [-0.4, -0.2) is 56.9 Å². The van der Waals surface area contributed by atoms with Crippen LogP contribution < -0.4 is 5.32 Å². The Balaban J connectivity index is 5.96. The molecule has 0 spiro atoms. The second-order valence-corrected chi connectivity index (χ2v) is 16.2. The lowest BCUT2D eigenvalue weighted by Crippen LogP contribution is -2.65. The largest absolute Gasteiger partial charge is 0.452 e. The number of amides is 2. The Labute approximate surface area is 238 Å². The molecule has 0 heterocycles. The monoisotopic (exact) mass is 556 g/mol. The predicted molar refractivity (Wildman–Crippen MR) is 158 cm³/mol. The molecule has 0 saturated carbocycles. The molecule has 0 rings (SSSR count). The topological polar surface area (TPSA) is 92.8 Å². The molecule has 1 unspecified atom stereocenters. The van der Waals surface area contributed by atoms with Gasteiger partial charge in [0.2, 0.25) is 5.91 Å². The van der Waals surface area contributed by atoms with Gasteiger partial charge in [0.25, 0.3) is 0 Å². The molecule has 0 fully saturated rings. The van der Waals surface area contributed by atoms with Crippen molar-refractivity contribution in [3.63, 3.8) is 0 Å². The molecule has 1 N–H and O–H groups in total. The van der Waals surface area contributed by atoms with E-state index < -0.39 is 44.8 Å². The number of hydrogen-bond acceptors (Lipinski definition) is 6. The van der Waals surface area contributed by atoms with Gasteiger partial charge in [0.05, 0.1) is 5.41 Å². The van der Waals surface area contributed by atoms with Crippen LogP contribution in [0.1, 0.15) is 117 Å². The summed E-state index contributed by atoms with van der Waals surface area (Å²) in [4.78, 5) is 53.7. The molecule has 2 amide bonds. The highest BCUT2D eigenvalue weighted by Crippen LogP contribution is 2.49. The van der Waals surface area contributed by atoms with E-state index in [4.69, 9.17) is 4.74 Å². The fourth-order valence-corrected chi connectivity index (χ4v) is 5.24.